The van der Waals surface area contributed by atoms with E-state index in [0.29, 0.717) is 0 Å². The van der Waals surface area contributed by atoms with E-state index in [2.05, 4.69) is 22.3 Å². The van der Waals surface area contributed by atoms with Crippen molar-refractivity contribution in [2.45, 2.75) is 0 Å². The molecule has 1 aliphatic heterocycles. The number of hydrogen-bond donors (Lipinski definition) is 3. The van der Waals surface area contributed by atoms with Gasteiger partial charge in [-0.15, -0.1) is 0 Å². The maximum Gasteiger partial charge on any atom is 0.297 e. The Hall–Kier alpha value is 0.00987. The third kappa shape index (κ3) is 1.01. The Kier molecular flexibility index (Phi) is 1.55. The minimum Gasteiger partial charge on any atom is -0.378 e. The van der Waals surface area contributed by atoms with Crippen molar-refractivity contribution in [1.82, 2.24) is 15.6 Å². The van der Waals surface area contributed by atoms with Gasteiger partial charge in [0, 0.05) is 0 Å². The van der Waals surface area contributed by atoms with Gasteiger partial charge in [-0.05, 0) is 0 Å². The Morgan fingerprint density at radius 3 is 2.00 bits per heavy atom. The summed E-state index contributed by atoms with van der Waals surface area (Å²) in [6.45, 7) is 2.61. The molecule has 0 aromatic rings. The Bertz CT molecular complexity index is 24.3. The number of hydrogen-bond acceptors (Lipinski definition) is 3. The van der Waals surface area contributed by atoms with E-state index >= 15 is 0 Å². The average Bonchev–Trinajstić information content (AvgIpc) is 1.72. The molecule has 0 unspecified atom stereocenters. The normalized spacial score (nSPS) is 21.3. The van der Waals surface area contributed by atoms with Gasteiger partial charge in [-0.3, -0.25) is 0 Å². The van der Waals surface area contributed by atoms with Crippen LogP contribution in [0, 0.1) is 6.67 Å². The molecule has 3 nitrogen and oxygen atoms in total. The molecule has 0 saturated carbocycles. The summed E-state index contributed by atoms with van der Waals surface area (Å²) in [6.07, 6.45) is 0. The van der Waals surface area contributed by atoms with Crippen LogP contribution < -0.4 is 15.6 Å². The second-order valence-electron chi connectivity index (χ2n) is 0.869. The molecule has 1 saturated heterocycles. The van der Waals surface area contributed by atoms with Crippen LogP contribution in [-0.4, -0.2) is 15.1 Å². The highest BCUT2D eigenvalue weighted by Crippen LogP contribution is 1.57. The lowest BCUT2D eigenvalue weighted by Crippen LogP contribution is -2.49. The van der Waals surface area contributed by atoms with Crippen molar-refractivity contribution < 1.29 is 0 Å². The first-order valence-corrected chi connectivity index (χ1v) is 1.65. The topological polar surface area (TPSA) is 36.1 Å². The van der Waals surface area contributed by atoms with Gasteiger partial charge in [0.2, 0.25) is 0 Å². The van der Waals surface area contributed by atoms with Gasteiger partial charge in [-0.25, -0.2) is 0 Å². The fourth-order valence-corrected chi connectivity index (χ4v) is 0.239. The predicted molar refractivity (Wildman–Crippen MR) is 24.2 cm³/mol. The lowest BCUT2D eigenvalue weighted by Gasteiger charge is -2.07. The van der Waals surface area contributed by atoms with Crippen molar-refractivity contribution >= 4 is 15.1 Å². The highest BCUT2D eigenvalue weighted by Gasteiger charge is 1.97. The summed E-state index contributed by atoms with van der Waals surface area (Å²) in [5.74, 6) is 0. The first kappa shape index (κ1) is 4.18. The Labute approximate surface area is 38.4 Å². The molecule has 4 radical (unpaired) electrons. The van der Waals surface area contributed by atoms with E-state index < -0.39 is 0 Å². The lowest BCUT2D eigenvalue weighted by atomic mass is 9.99. The van der Waals surface area contributed by atoms with Gasteiger partial charge in [0.25, 0.3) is 15.1 Å². The van der Waals surface area contributed by atoms with Gasteiger partial charge >= 0.3 is 0 Å². The molecule has 1 aliphatic rings. The summed E-state index contributed by atoms with van der Waals surface area (Å²) in [5.41, 5.74) is 0. The molecule has 0 spiro atoms. The van der Waals surface area contributed by atoms with Crippen LogP contribution in [0.25, 0.3) is 0 Å². The molecule has 5 heteroatoms. The summed E-state index contributed by atoms with van der Waals surface area (Å²) < 4.78 is 0. The van der Waals surface area contributed by atoms with Crippen molar-refractivity contribution in [3.63, 3.8) is 0 Å². The molecular weight excluding hydrogens is 75.7 g/mol. The molecule has 6 heavy (non-hydrogen) atoms. The third-order valence-corrected chi connectivity index (χ3v) is 0.455. The van der Waals surface area contributed by atoms with E-state index in [0.717, 1.165) is 0 Å². The second kappa shape index (κ2) is 2.23. The molecule has 0 aliphatic carbocycles. The van der Waals surface area contributed by atoms with Crippen LogP contribution in [0.15, 0.2) is 0 Å². The standard InChI is InChI=1S/CH3B2N3/c1-4-2-6-3-5-1/h4-6H. The number of rotatable bonds is 0. The van der Waals surface area contributed by atoms with Crippen LogP contribution in [0.5, 0.6) is 0 Å². The molecular formula is CH3B2N3. The minimum atomic E-state index is 1.66. The molecule has 1 heterocycles. The first-order valence-electron chi connectivity index (χ1n) is 1.65. The Morgan fingerprint density at radius 1 is 1.17 bits per heavy atom. The van der Waals surface area contributed by atoms with E-state index in [-0.39, 0.29) is 0 Å². The first-order chi connectivity index (χ1) is 3.00. The molecule has 0 aromatic carbocycles. The van der Waals surface area contributed by atoms with Gasteiger partial charge in [0.05, 0.1) is 0 Å². The minimum absolute atomic E-state index is 1.66. The highest BCUT2D eigenvalue weighted by atomic mass is 15.1. The van der Waals surface area contributed by atoms with Crippen LogP contribution in [-0.2, 0) is 0 Å². The molecule has 3 N–H and O–H groups in total. The van der Waals surface area contributed by atoms with Crippen molar-refractivity contribution in [2.75, 3.05) is 0 Å². The maximum absolute atomic E-state index is 2.75. The fraction of sp³-hybridized carbons (Fsp3) is 0. The van der Waals surface area contributed by atoms with Gasteiger partial charge in [0.15, 0.2) is 0 Å². The molecule has 0 bridgehead atoms. The predicted octanol–water partition coefficient (Wildman–Crippen LogP) is -2.17. The van der Waals surface area contributed by atoms with Crippen molar-refractivity contribution in [1.29, 1.82) is 0 Å². The molecule has 1 rings (SSSR count). The molecule has 0 amide bonds. The number of nitrogens with one attached hydrogen (secondary N) is 3. The molecule has 0 atom stereocenters. The maximum atomic E-state index is 2.75. The highest BCUT2D eigenvalue weighted by molar-refractivity contribution is 6.49. The van der Waals surface area contributed by atoms with E-state index in [1.165, 1.54) is 0 Å². The fourth-order valence-electron chi connectivity index (χ4n) is 0.239. The van der Waals surface area contributed by atoms with Crippen LogP contribution in [0.4, 0.5) is 0 Å². The molecule has 1 fully saturated rings. The zero-order valence-corrected chi connectivity index (χ0v) is 3.15. The van der Waals surface area contributed by atoms with E-state index in [9.17, 15) is 0 Å². The molecule has 0 aromatic heterocycles. The van der Waals surface area contributed by atoms with Crippen LogP contribution in [0.3, 0.4) is 0 Å². The van der Waals surface area contributed by atoms with Gasteiger partial charge < -0.3 is 15.6 Å². The van der Waals surface area contributed by atoms with E-state index in [4.69, 9.17) is 0 Å². The van der Waals surface area contributed by atoms with Gasteiger partial charge in [-0.2, -0.15) is 0 Å². The summed E-state index contributed by atoms with van der Waals surface area (Å²) in [5, 5.41) is 8.06. The summed E-state index contributed by atoms with van der Waals surface area (Å²) >= 11 is 0. The van der Waals surface area contributed by atoms with E-state index in [1.54, 1.807) is 15.1 Å². The Morgan fingerprint density at radius 2 is 1.83 bits per heavy atom. The van der Waals surface area contributed by atoms with Crippen LogP contribution >= 0.6 is 0 Å². The summed E-state index contributed by atoms with van der Waals surface area (Å²) in [4.78, 5) is 0. The van der Waals surface area contributed by atoms with Gasteiger partial charge in [-0.1, -0.05) is 0 Å². The average molecular weight is 78.7 g/mol. The smallest absolute Gasteiger partial charge is 0.297 e. The van der Waals surface area contributed by atoms with Crippen LogP contribution in [0.1, 0.15) is 0 Å². The molecule has 28 valence electrons. The summed E-state index contributed by atoms with van der Waals surface area (Å²) in [6, 6.07) is 0. The monoisotopic (exact) mass is 79.1 g/mol. The largest absolute Gasteiger partial charge is 0.378 e. The van der Waals surface area contributed by atoms with Crippen LogP contribution in [0.2, 0.25) is 0 Å². The van der Waals surface area contributed by atoms with Crippen molar-refractivity contribution in [3.8, 4) is 0 Å². The van der Waals surface area contributed by atoms with Crippen molar-refractivity contribution in [3.05, 3.63) is 6.67 Å². The quantitative estimate of drug-likeness (QED) is 0.289. The van der Waals surface area contributed by atoms with Crippen molar-refractivity contribution in [2.24, 2.45) is 0 Å². The SMILES string of the molecule is [B]1N[B]N[C]N1. The van der Waals surface area contributed by atoms with E-state index in [1.807, 2.05) is 0 Å². The second-order valence-corrected chi connectivity index (χ2v) is 0.869. The lowest BCUT2D eigenvalue weighted by molar-refractivity contribution is 0.973. The zero-order valence-electron chi connectivity index (χ0n) is 3.15. The third-order valence-electron chi connectivity index (χ3n) is 0.455. The Balaban J connectivity index is 2.00. The van der Waals surface area contributed by atoms with Gasteiger partial charge in [0.1, 0.15) is 6.67 Å². The zero-order chi connectivity index (χ0) is 4.24. The summed E-state index contributed by atoms with van der Waals surface area (Å²) in [7, 11) is 3.33.